The van der Waals surface area contributed by atoms with Crippen molar-refractivity contribution in [3.05, 3.63) is 69.6 Å². The fourth-order valence-corrected chi connectivity index (χ4v) is 4.73. The highest BCUT2D eigenvalue weighted by Crippen LogP contribution is 2.41. The second-order valence-electron chi connectivity index (χ2n) is 8.71. The lowest BCUT2D eigenvalue weighted by atomic mass is 9.98. The number of carbonyl (C=O) groups excluding carboxylic acids is 1. The Morgan fingerprint density at radius 2 is 1.80 bits per heavy atom. The maximum absolute atomic E-state index is 13.6. The summed E-state index contributed by atoms with van der Waals surface area (Å²) in [5.41, 5.74) is 1.44. The Balaban J connectivity index is 1.79. The first-order valence-electron chi connectivity index (χ1n) is 12.4. The van der Waals surface area contributed by atoms with E-state index in [1.165, 1.54) is 0 Å². The number of hydrogen-bond donors (Lipinski definition) is 0. The van der Waals surface area contributed by atoms with Gasteiger partial charge >= 0.3 is 0 Å². The van der Waals surface area contributed by atoms with Gasteiger partial charge in [0.25, 0.3) is 5.91 Å². The quantitative estimate of drug-likeness (QED) is 0.392. The van der Waals surface area contributed by atoms with Crippen LogP contribution in [0.25, 0.3) is 11.0 Å². The lowest BCUT2D eigenvalue weighted by molar-refractivity contribution is 0.0720. The number of amides is 1. The van der Waals surface area contributed by atoms with Crippen molar-refractivity contribution in [3.8, 4) is 11.5 Å². The number of nitrogens with zero attached hydrogens (tertiary/aromatic N) is 2. The second kappa shape index (κ2) is 11.0. The molecule has 0 radical (unpaired) electrons. The third kappa shape index (κ3) is 4.78. The van der Waals surface area contributed by atoms with Gasteiger partial charge in [0.15, 0.2) is 16.9 Å². The van der Waals surface area contributed by atoms with Crippen molar-refractivity contribution in [1.29, 1.82) is 0 Å². The summed E-state index contributed by atoms with van der Waals surface area (Å²) >= 11 is 0. The number of fused-ring (bicyclic) bond motifs is 2. The summed E-state index contributed by atoms with van der Waals surface area (Å²) in [6, 6.07) is 12.2. The number of carbonyl (C=O) groups is 1. The predicted molar refractivity (Wildman–Crippen MR) is 137 cm³/mol. The van der Waals surface area contributed by atoms with E-state index in [9.17, 15) is 9.59 Å². The summed E-state index contributed by atoms with van der Waals surface area (Å²) in [5.74, 6) is 1.09. The highest BCUT2D eigenvalue weighted by atomic mass is 16.5. The molecule has 0 fully saturated rings. The molecule has 1 atom stereocenters. The van der Waals surface area contributed by atoms with E-state index in [4.69, 9.17) is 13.9 Å². The Bertz CT molecular complexity index is 1250. The Kier molecular flexibility index (Phi) is 7.76. The standard InChI is InChI=1S/C28H34N2O5/c1-5-17-34-22-14-13-19(18-23(22)33-4)25-24-26(31)20-11-8-9-12-21(20)35-27(24)28(32)30(25)16-10-15-29(6-2)7-3/h8-9,11-14,18,25H,5-7,10,15-17H2,1-4H3/t25-/m0/s1. The molecule has 186 valence electrons. The van der Waals surface area contributed by atoms with Crippen LogP contribution in [0, 0.1) is 0 Å². The molecule has 0 saturated heterocycles. The lowest BCUT2D eigenvalue weighted by Gasteiger charge is -2.27. The first kappa shape index (κ1) is 24.8. The number of methoxy groups -OCH3 is 1. The van der Waals surface area contributed by atoms with Crippen LogP contribution in [0.15, 0.2) is 51.7 Å². The summed E-state index contributed by atoms with van der Waals surface area (Å²) in [6.45, 7) is 10.2. The molecule has 0 saturated carbocycles. The molecular formula is C28H34N2O5. The van der Waals surface area contributed by atoms with Crippen LogP contribution >= 0.6 is 0 Å². The van der Waals surface area contributed by atoms with Crippen LogP contribution in [-0.4, -0.2) is 55.6 Å². The van der Waals surface area contributed by atoms with Crippen molar-refractivity contribution >= 4 is 16.9 Å². The molecular weight excluding hydrogens is 444 g/mol. The van der Waals surface area contributed by atoms with Gasteiger partial charge in [-0.3, -0.25) is 9.59 Å². The molecule has 0 unspecified atom stereocenters. The topological polar surface area (TPSA) is 72.2 Å². The van der Waals surface area contributed by atoms with Crippen LogP contribution in [0.1, 0.15) is 61.3 Å². The molecule has 4 rings (SSSR count). The minimum atomic E-state index is -0.552. The van der Waals surface area contributed by atoms with E-state index in [1.807, 2.05) is 31.2 Å². The molecule has 1 aromatic heterocycles. The number of hydrogen-bond acceptors (Lipinski definition) is 6. The van der Waals surface area contributed by atoms with Crippen molar-refractivity contribution in [2.24, 2.45) is 0 Å². The molecule has 3 aromatic rings. The number of rotatable bonds is 11. The zero-order valence-corrected chi connectivity index (χ0v) is 21.0. The average molecular weight is 479 g/mol. The van der Waals surface area contributed by atoms with E-state index >= 15 is 0 Å². The first-order chi connectivity index (χ1) is 17.0. The molecule has 0 spiro atoms. The van der Waals surface area contributed by atoms with Crippen molar-refractivity contribution in [2.75, 3.05) is 39.9 Å². The smallest absolute Gasteiger partial charge is 0.290 e. The molecule has 35 heavy (non-hydrogen) atoms. The van der Waals surface area contributed by atoms with Gasteiger partial charge in [-0.15, -0.1) is 0 Å². The molecule has 0 N–H and O–H groups in total. The molecule has 1 aliphatic heterocycles. The van der Waals surface area contributed by atoms with E-state index in [1.54, 1.807) is 30.2 Å². The van der Waals surface area contributed by atoms with Gasteiger partial charge in [0.1, 0.15) is 5.58 Å². The zero-order valence-electron chi connectivity index (χ0n) is 21.0. The summed E-state index contributed by atoms with van der Waals surface area (Å²) in [7, 11) is 1.59. The number of benzene rings is 2. The third-order valence-electron chi connectivity index (χ3n) is 6.61. The summed E-state index contributed by atoms with van der Waals surface area (Å²) in [5, 5.41) is 0.476. The molecule has 1 amide bonds. The summed E-state index contributed by atoms with van der Waals surface area (Å²) in [6.07, 6.45) is 1.67. The van der Waals surface area contributed by atoms with Crippen LogP contribution < -0.4 is 14.9 Å². The Morgan fingerprint density at radius 3 is 2.51 bits per heavy atom. The van der Waals surface area contributed by atoms with Crippen molar-refractivity contribution in [2.45, 2.75) is 39.7 Å². The van der Waals surface area contributed by atoms with E-state index in [0.717, 1.165) is 38.0 Å². The van der Waals surface area contributed by atoms with E-state index in [2.05, 4.69) is 18.7 Å². The van der Waals surface area contributed by atoms with Crippen LogP contribution in [0.2, 0.25) is 0 Å². The molecule has 7 nitrogen and oxygen atoms in total. The van der Waals surface area contributed by atoms with Gasteiger partial charge in [-0.25, -0.2) is 0 Å². The predicted octanol–water partition coefficient (Wildman–Crippen LogP) is 4.87. The van der Waals surface area contributed by atoms with Gasteiger partial charge in [0.2, 0.25) is 5.76 Å². The fraction of sp³-hybridized carbons (Fsp3) is 0.429. The van der Waals surface area contributed by atoms with E-state index in [0.29, 0.717) is 41.2 Å². The average Bonchev–Trinajstić information content (AvgIpc) is 3.17. The largest absolute Gasteiger partial charge is 0.493 e. The lowest BCUT2D eigenvalue weighted by Crippen LogP contribution is -2.33. The Labute approximate surface area is 206 Å². The highest BCUT2D eigenvalue weighted by Gasteiger charge is 2.42. The second-order valence-corrected chi connectivity index (χ2v) is 8.71. The highest BCUT2D eigenvalue weighted by molar-refractivity contribution is 5.99. The maximum Gasteiger partial charge on any atom is 0.290 e. The minimum absolute atomic E-state index is 0.131. The van der Waals surface area contributed by atoms with E-state index < -0.39 is 6.04 Å². The van der Waals surface area contributed by atoms with Gasteiger partial charge in [0, 0.05) is 6.54 Å². The molecule has 2 heterocycles. The van der Waals surface area contributed by atoms with Crippen molar-refractivity contribution in [3.63, 3.8) is 0 Å². The maximum atomic E-state index is 13.6. The molecule has 7 heteroatoms. The number of ether oxygens (including phenoxy) is 2. The van der Waals surface area contributed by atoms with Gasteiger partial charge in [-0.1, -0.05) is 39.0 Å². The molecule has 2 aromatic carbocycles. The monoisotopic (exact) mass is 478 g/mol. The minimum Gasteiger partial charge on any atom is -0.493 e. The third-order valence-corrected chi connectivity index (χ3v) is 6.61. The normalized spacial score (nSPS) is 15.2. The SMILES string of the molecule is CCCOc1ccc([C@H]2c3c(oc4ccccc4c3=O)C(=O)N2CCCN(CC)CC)cc1OC. The first-order valence-corrected chi connectivity index (χ1v) is 12.4. The van der Waals surface area contributed by atoms with Gasteiger partial charge in [0.05, 0.1) is 30.7 Å². The summed E-state index contributed by atoms with van der Waals surface area (Å²) in [4.78, 5) is 31.3. The Hall–Kier alpha value is -3.32. The zero-order chi connectivity index (χ0) is 24.9. The van der Waals surface area contributed by atoms with Crippen LogP contribution in [0.4, 0.5) is 0 Å². The van der Waals surface area contributed by atoms with Crippen molar-refractivity contribution < 1.29 is 18.7 Å². The molecule has 0 aliphatic carbocycles. The summed E-state index contributed by atoms with van der Waals surface area (Å²) < 4.78 is 17.4. The number of para-hydroxylation sites is 1. The van der Waals surface area contributed by atoms with Crippen molar-refractivity contribution in [1.82, 2.24) is 9.80 Å². The van der Waals surface area contributed by atoms with Gasteiger partial charge < -0.3 is 23.7 Å². The fourth-order valence-electron chi connectivity index (χ4n) is 4.73. The Morgan fingerprint density at radius 1 is 1.03 bits per heavy atom. The molecule has 1 aliphatic rings. The van der Waals surface area contributed by atoms with Crippen LogP contribution in [0.3, 0.4) is 0 Å². The van der Waals surface area contributed by atoms with Gasteiger partial charge in [-0.05, 0) is 62.3 Å². The van der Waals surface area contributed by atoms with Crippen LogP contribution in [0.5, 0.6) is 11.5 Å². The van der Waals surface area contributed by atoms with E-state index in [-0.39, 0.29) is 17.1 Å². The molecule has 0 bridgehead atoms. The van der Waals surface area contributed by atoms with Gasteiger partial charge in [-0.2, -0.15) is 0 Å². The van der Waals surface area contributed by atoms with Crippen LogP contribution in [-0.2, 0) is 0 Å².